The maximum absolute atomic E-state index is 11.1. The normalized spacial score (nSPS) is 40.3. The maximum Gasteiger partial charge on any atom is 0.130 e. The van der Waals surface area contributed by atoms with Crippen molar-refractivity contribution in [3.8, 4) is 0 Å². The van der Waals surface area contributed by atoms with E-state index in [-0.39, 0.29) is 0 Å². The van der Waals surface area contributed by atoms with E-state index in [4.69, 9.17) is 0 Å². The summed E-state index contributed by atoms with van der Waals surface area (Å²) < 4.78 is 0. The summed E-state index contributed by atoms with van der Waals surface area (Å²) in [6.45, 7) is 8.66. The summed E-state index contributed by atoms with van der Waals surface area (Å²) in [4.78, 5) is 11.1. The van der Waals surface area contributed by atoms with Crippen LogP contribution in [0.1, 0.15) is 47.0 Å². The van der Waals surface area contributed by atoms with Gasteiger partial charge in [-0.25, -0.2) is 0 Å². The summed E-state index contributed by atoms with van der Waals surface area (Å²) in [7, 11) is 0. The van der Waals surface area contributed by atoms with Crippen molar-refractivity contribution in [1.82, 2.24) is 0 Å². The Labute approximate surface area is 81.9 Å². The summed E-state index contributed by atoms with van der Waals surface area (Å²) in [5, 5.41) is 0. The van der Waals surface area contributed by atoms with Gasteiger partial charge in [-0.15, -0.1) is 0 Å². The molecule has 13 heavy (non-hydrogen) atoms. The fourth-order valence-corrected chi connectivity index (χ4v) is 3.01. The van der Waals surface area contributed by atoms with Gasteiger partial charge in [0.1, 0.15) is 5.78 Å². The van der Waals surface area contributed by atoms with Crippen LogP contribution in [0, 0.1) is 23.7 Å². The number of carbonyl (C=O) groups excluding carboxylic acids is 1. The van der Waals surface area contributed by atoms with Gasteiger partial charge in [0.05, 0.1) is 0 Å². The Hall–Kier alpha value is -0.330. The molecule has 0 aliphatic heterocycles. The summed E-state index contributed by atoms with van der Waals surface area (Å²) in [5.41, 5.74) is 0. The number of hydrogen-bond donors (Lipinski definition) is 0. The first-order chi connectivity index (χ1) is 6.00. The molecule has 1 rings (SSSR count). The second-order valence-electron chi connectivity index (χ2n) is 5.10. The van der Waals surface area contributed by atoms with Gasteiger partial charge in [0.2, 0.25) is 0 Å². The number of ketones is 1. The predicted octanol–water partition coefficient (Wildman–Crippen LogP) is 3.28. The average Bonchev–Trinajstić information content (AvgIpc) is 1.96. The lowest BCUT2D eigenvalue weighted by Crippen LogP contribution is -2.30. The minimum Gasteiger partial charge on any atom is -0.300 e. The van der Waals surface area contributed by atoms with Gasteiger partial charge in [0, 0.05) is 6.42 Å². The third kappa shape index (κ3) is 2.82. The molecule has 0 saturated heterocycles. The van der Waals surface area contributed by atoms with E-state index in [1.807, 2.05) is 0 Å². The van der Waals surface area contributed by atoms with E-state index >= 15 is 0 Å². The van der Waals surface area contributed by atoms with Crippen LogP contribution >= 0.6 is 0 Å². The van der Waals surface area contributed by atoms with E-state index in [0.717, 1.165) is 24.2 Å². The predicted molar refractivity (Wildman–Crippen MR) is 55.5 cm³/mol. The first kappa shape index (κ1) is 10.7. The van der Waals surface area contributed by atoms with Crippen LogP contribution in [0.25, 0.3) is 0 Å². The molecule has 3 unspecified atom stereocenters. The van der Waals surface area contributed by atoms with Gasteiger partial charge in [-0.05, 0) is 43.4 Å². The van der Waals surface area contributed by atoms with Gasteiger partial charge in [-0.3, -0.25) is 0 Å². The van der Waals surface area contributed by atoms with E-state index in [2.05, 4.69) is 20.8 Å². The van der Waals surface area contributed by atoms with E-state index in [1.165, 1.54) is 12.8 Å². The van der Waals surface area contributed by atoms with Gasteiger partial charge < -0.3 is 4.79 Å². The smallest absolute Gasteiger partial charge is 0.130 e. The van der Waals surface area contributed by atoms with Crippen LogP contribution < -0.4 is 0 Å². The van der Waals surface area contributed by atoms with Crippen LogP contribution in [0.15, 0.2) is 0 Å². The molecular formula is C12H22O. The number of hydrogen-bond acceptors (Lipinski definition) is 1. The zero-order valence-electron chi connectivity index (χ0n) is 9.34. The van der Waals surface area contributed by atoms with Gasteiger partial charge in [0.15, 0.2) is 0 Å². The monoisotopic (exact) mass is 182 g/mol. The molecular weight excluding hydrogens is 160 g/mol. The van der Waals surface area contributed by atoms with Crippen molar-refractivity contribution >= 4 is 5.78 Å². The third-order valence-corrected chi connectivity index (χ3v) is 3.53. The largest absolute Gasteiger partial charge is 0.300 e. The molecule has 0 aromatic heterocycles. The van der Waals surface area contributed by atoms with E-state index in [0.29, 0.717) is 11.7 Å². The highest BCUT2D eigenvalue weighted by Crippen LogP contribution is 2.39. The minimum absolute atomic E-state index is 0.359. The molecule has 1 saturated carbocycles. The highest BCUT2D eigenvalue weighted by molar-refractivity contribution is 5.75. The lowest BCUT2D eigenvalue weighted by Gasteiger charge is -2.37. The second-order valence-corrected chi connectivity index (χ2v) is 5.10. The van der Waals surface area contributed by atoms with Crippen LogP contribution in [0.4, 0.5) is 0 Å². The molecule has 1 aliphatic rings. The fourth-order valence-electron chi connectivity index (χ4n) is 3.01. The van der Waals surface area contributed by atoms with Crippen molar-refractivity contribution in [3.05, 3.63) is 0 Å². The van der Waals surface area contributed by atoms with Gasteiger partial charge in [-0.2, -0.15) is 0 Å². The third-order valence-electron chi connectivity index (χ3n) is 3.53. The molecule has 0 heterocycles. The molecule has 0 bridgehead atoms. The van der Waals surface area contributed by atoms with Crippen LogP contribution in [0.2, 0.25) is 0 Å². The van der Waals surface area contributed by atoms with Crippen LogP contribution in [0.5, 0.6) is 0 Å². The molecule has 4 atom stereocenters. The Morgan fingerprint density at radius 2 is 1.62 bits per heavy atom. The van der Waals surface area contributed by atoms with Crippen molar-refractivity contribution in [2.24, 2.45) is 23.7 Å². The quantitative estimate of drug-likeness (QED) is 0.640. The van der Waals surface area contributed by atoms with E-state index < -0.39 is 0 Å². The lowest BCUT2D eigenvalue weighted by atomic mass is 9.68. The van der Waals surface area contributed by atoms with Crippen molar-refractivity contribution in [3.63, 3.8) is 0 Å². The SMILES string of the molecule is CC(=O)CC1C(C)CC(C)C[C@H]1C. The topological polar surface area (TPSA) is 17.1 Å². The number of rotatable bonds is 2. The first-order valence-corrected chi connectivity index (χ1v) is 5.50. The zero-order chi connectivity index (χ0) is 10.0. The van der Waals surface area contributed by atoms with Gasteiger partial charge in [0.25, 0.3) is 0 Å². The minimum atomic E-state index is 0.359. The van der Waals surface area contributed by atoms with E-state index in [9.17, 15) is 4.79 Å². The van der Waals surface area contributed by atoms with Crippen LogP contribution in [-0.4, -0.2) is 5.78 Å². The van der Waals surface area contributed by atoms with Crippen molar-refractivity contribution in [2.75, 3.05) is 0 Å². The van der Waals surface area contributed by atoms with Crippen molar-refractivity contribution < 1.29 is 4.79 Å². The average molecular weight is 182 g/mol. The molecule has 1 heteroatoms. The fraction of sp³-hybridized carbons (Fsp3) is 0.917. The van der Waals surface area contributed by atoms with Crippen molar-refractivity contribution in [1.29, 1.82) is 0 Å². The molecule has 0 N–H and O–H groups in total. The lowest BCUT2D eigenvalue weighted by molar-refractivity contribution is -0.119. The Bertz CT molecular complexity index is 174. The molecule has 0 aromatic rings. The zero-order valence-corrected chi connectivity index (χ0v) is 9.34. The molecule has 1 nitrogen and oxygen atoms in total. The molecule has 0 aromatic carbocycles. The first-order valence-electron chi connectivity index (χ1n) is 5.50. The standard InChI is InChI=1S/C12H22O/c1-8-5-9(2)12(7-11(4)13)10(3)6-8/h8-10,12H,5-7H2,1-4H3/t8?,9-,10?,12?/m1/s1. The summed E-state index contributed by atoms with van der Waals surface area (Å²) in [6.07, 6.45) is 3.42. The summed E-state index contributed by atoms with van der Waals surface area (Å²) in [5.74, 6) is 3.34. The highest BCUT2D eigenvalue weighted by atomic mass is 16.1. The molecule has 0 spiro atoms. The van der Waals surface area contributed by atoms with E-state index in [1.54, 1.807) is 6.92 Å². The maximum atomic E-state index is 11.1. The molecule has 0 amide bonds. The van der Waals surface area contributed by atoms with Crippen LogP contribution in [-0.2, 0) is 4.79 Å². The highest BCUT2D eigenvalue weighted by Gasteiger charge is 2.31. The Morgan fingerprint density at radius 3 is 2.00 bits per heavy atom. The van der Waals surface area contributed by atoms with Gasteiger partial charge in [-0.1, -0.05) is 20.8 Å². The molecule has 1 aliphatic carbocycles. The number of carbonyl (C=O) groups is 1. The summed E-state index contributed by atoms with van der Waals surface area (Å²) >= 11 is 0. The summed E-state index contributed by atoms with van der Waals surface area (Å²) in [6, 6.07) is 0. The Kier molecular flexibility index (Phi) is 3.52. The Balaban J connectivity index is 2.56. The number of Topliss-reactive ketones (excluding diaryl/α,β-unsaturated/α-hetero) is 1. The van der Waals surface area contributed by atoms with Gasteiger partial charge >= 0.3 is 0 Å². The molecule has 1 fully saturated rings. The molecule has 76 valence electrons. The molecule has 0 radical (unpaired) electrons. The Morgan fingerprint density at radius 1 is 1.15 bits per heavy atom. The second kappa shape index (κ2) is 4.26. The van der Waals surface area contributed by atoms with Crippen LogP contribution in [0.3, 0.4) is 0 Å². The van der Waals surface area contributed by atoms with Crippen molar-refractivity contribution in [2.45, 2.75) is 47.0 Å².